The van der Waals surface area contributed by atoms with Crippen LogP contribution in [0.25, 0.3) is 0 Å². The first-order valence-electron chi connectivity index (χ1n) is 7.34. The van der Waals surface area contributed by atoms with Gasteiger partial charge >= 0.3 is 0 Å². The average molecular weight is 362 g/mol. The summed E-state index contributed by atoms with van der Waals surface area (Å²) in [5, 5.41) is 3.03. The van der Waals surface area contributed by atoms with Gasteiger partial charge in [-0.1, -0.05) is 17.7 Å². The van der Waals surface area contributed by atoms with E-state index in [1.165, 1.54) is 12.1 Å². The maximum atomic E-state index is 12.1. The first kappa shape index (κ1) is 18.2. The molecule has 1 heterocycles. The Morgan fingerprint density at radius 3 is 2.70 bits per heavy atom. The molecule has 0 saturated carbocycles. The highest BCUT2D eigenvalue weighted by Crippen LogP contribution is 2.21. The first-order valence-corrected chi connectivity index (χ1v) is 9.37. The lowest BCUT2D eigenvalue weighted by atomic mass is 10.2. The quantitative estimate of drug-likeness (QED) is 0.800. The van der Waals surface area contributed by atoms with E-state index in [4.69, 9.17) is 21.1 Å². The van der Waals surface area contributed by atoms with Crippen LogP contribution < -0.4 is 5.32 Å². The molecule has 1 aliphatic rings. The van der Waals surface area contributed by atoms with Crippen LogP contribution in [0.3, 0.4) is 0 Å². The highest BCUT2D eigenvalue weighted by molar-refractivity contribution is 7.91. The Morgan fingerprint density at radius 1 is 1.35 bits per heavy atom. The molecule has 1 aromatic rings. The van der Waals surface area contributed by atoms with Gasteiger partial charge in [0, 0.05) is 24.4 Å². The molecular weight excluding hydrogens is 342 g/mol. The molecular formula is C15H20ClNO5S. The number of ether oxygens (including phenoxy) is 2. The summed E-state index contributed by atoms with van der Waals surface area (Å²) in [4.78, 5) is 11.9. The van der Waals surface area contributed by atoms with E-state index in [9.17, 15) is 13.2 Å². The average Bonchev–Trinajstić information content (AvgIpc) is 2.92. The van der Waals surface area contributed by atoms with Crippen molar-refractivity contribution in [1.82, 2.24) is 5.32 Å². The summed E-state index contributed by atoms with van der Waals surface area (Å²) < 4.78 is 35.1. The lowest BCUT2D eigenvalue weighted by molar-refractivity contribution is -0.146. The van der Waals surface area contributed by atoms with E-state index in [1.54, 1.807) is 12.1 Å². The summed E-state index contributed by atoms with van der Waals surface area (Å²) in [5.74, 6) is -1.25. The van der Waals surface area contributed by atoms with Crippen LogP contribution in [0.2, 0.25) is 5.02 Å². The van der Waals surface area contributed by atoms with E-state index in [0.717, 1.165) is 0 Å². The Bertz CT molecular complexity index is 656. The topological polar surface area (TPSA) is 81.7 Å². The van der Waals surface area contributed by atoms with Crippen molar-refractivity contribution in [3.05, 3.63) is 29.3 Å². The highest BCUT2D eigenvalue weighted by atomic mass is 35.5. The van der Waals surface area contributed by atoms with Crippen molar-refractivity contribution in [2.24, 2.45) is 0 Å². The molecule has 1 amide bonds. The molecule has 1 N–H and O–H groups in total. The van der Waals surface area contributed by atoms with Crippen molar-refractivity contribution in [3.63, 3.8) is 0 Å². The predicted octanol–water partition coefficient (Wildman–Crippen LogP) is 1.77. The van der Waals surface area contributed by atoms with Crippen LogP contribution in [0, 0.1) is 0 Å². The van der Waals surface area contributed by atoms with Crippen molar-refractivity contribution in [1.29, 1.82) is 0 Å². The van der Waals surface area contributed by atoms with Gasteiger partial charge in [0.2, 0.25) is 5.91 Å². The maximum Gasteiger partial charge on any atom is 0.221 e. The van der Waals surface area contributed by atoms with Crippen LogP contribution in [0.15, 0.2) is 29.2 Å². The molecule has 6 nitrogen and oxygen atoms in total. The smallest absolute Gasteiger partial charge is 0.221 e. The van der Waals surface area contributed by atoms with Gasteiger partial charge in [-0.15, -0.1) is 0 Å². The lowest BCUT2D eigenvalue weighted by Gasteiger charge is -2.22. The second-order valence-corrected chi connectivity index (χ2v) is 8.00. The standard InChI is InChI=1S/C15H20ClNO5S/c1-15(21-8-9-22-15)6-7-17-14(18)5-10-23(19,20)13-4-2-3-12(16)11-13/h2-4,11H,5-10H2,1H3,(H,17,18). The van der Waals surface area contributed by atoms with E-state index in [1.807, 2.05) is 6.92 Å². The molecule has 128 valence electrons. The van der Waals surface area contributed by atoms with Crippen LogP contribution in [0.4, 0.5) is 0 Å². The Hall–Kier alpha value is -1.15. The van der Waals surface area contributed by atoms with E-state index in [0.29, 0.717) is 31.2 Å². The fraction of sp³-hybridized carbons (Fsp3) is 0.533. The van der Waals surface area contributed by atoms with Crippen molar-refractivity contribution < 1.29 is 22.7 Å². The molecule has 1 fully saturated rings. The molecule has 8 heteroatoms. The van der Waals surface area contributed by atoms with Crippen LogP contribution in [-0.2, 0) is 24.1 Å². The van der Waals surface area contributed by atoms with Gasteiger partial charge in [-0.25, -0.2) is 8.42 Å². The lowest BCUT2D eigenvalue weighted by Crippen LogP contribution is -2.34. The number of benzene rings is 1. The Morgan fingerprint density at radius 2 is 2.04 bits per heavy atom. The van der Waals surface area contributed by atoms with Crippen molar-refractivity contribution in [2.75, 3.05) is 25.5 Å². The number of halogens is 1. The molecule has 1 aliphatic heterocycles. The van der Waals surface area contributed by atoms with Gasteiger partial charge in [0.15, 0.2) is 15.6 Å². The SMILES string of the molecule is CC1(CCNC(=O)CCS(=O)(=O)c2cccc(Cl)c2)OCCO1. The summed E-state index contributed by atoms with van der Waals surface area (Å²) in [6, 6.07) is 6.01. The van der Waals surface area contributed by atoms with E-state index >= 15 is 0 Å². The van der Waals surface area contributed by atoms with Crippen molar-refractivity contribution >= 4 is 27.3 Å². The number of hydrogen-bond donors (Lipinski definition) is 1. The summed E-state index contributed by atoms with van der Waals surface area (Å²) in [7, 11) is -3.53. The molecule has 0 unspecified atom stereocenters. The zero-order valence-corrected chi connectivity index (χ0v) is 14.5. The minimum Gasteiger partial charge on any atom is -0.356 e. The summed E-state index contributed by atoms with van der Waals surface area (Å²) in [6.45, 7) is 3.27. The third-order valence-electron chi connectivity index (χ3n) is 3.55. The number of rotatable bonds is 7. The molecule has 1 aromatic carbocycles. The van der Waals surface area contributed by atoms with Crippen LogP contribution in [-0.4, -0.2) is 45.6 Å². The predicted molar refractivity (Wildman–Crippen MR) is 86.1 cm³/mol. The molecule has 23 heavy (non-hydrogen) atoms. The van der Waals surface area contributed by atoms with E-state index < -0.39 is 15.6 Å². The number of sulfone groups is 1. The Balaban J connectivity index is 1.77. The highest BCUT2D eigenvalue weighted by Gasteiger charge is 2.30. The number of carbonyl (C=O) groups excluding carboxylic acids is 1. The molecule has 0 aliphatic carbocycles. The fourth-order valence-corrected chi connectivity index (χ4v) is 3.76. The van der Waals surface area contributed by atoms with E-state index in [-0.39, 0.29) is 23.0 Å². The minimum absolute atomic E-state index is 0.104. The number of carbonyl (C=O) groups is 1. The third kappa shape index (κ3) is 5.46. The van der Waals surface area contributed by atoms with Gasteiger partial charge in [0.1, 0.15) is 0 Å². The molecule has 0 bridgehead atoms. The number of hydrogen-bond acceptors (Lipinski definition) is 5. The van der Waals surface area contributed by atoms with Crippen molar-refractivity contribution in [3.8, 4) is 0 Å². The second-order valence-electron chi connectivity index (χ2n) is 5.46. The summed E-state index contributed by atoms with van der Waals surface area (Å²) >= 11 is 5.79. The monoisotopic (exact) mass is 361 g/mol. The van der Waals surface area contributed by atoms with Gasteiger partial charge in [-0.05, 0) is 25.1 Å². The van der Waals surface area contributed by atoms with Crippen LogP contribution >= 0.6 is 11.6 Å². The van der Waals surface area contributed by atoms with Gasteiger partial charge < -0.3 is 14.8 Å². The second kappa shape index (κ2) is 7.61. The largest absolute Gasteiger partial charge is 0.356 e. The maximum absolute atomic E-state index is 12.1. The molecule has 0 atom stereocenters. The van der Waals surface area contributed by atoms with Gasteiger partial charge in [-0.3, -0.25) is 4.79 Å². The normalized spacial score (nSPS) is 17.1. The molecule has 0 aromatic heterocycles. The van der Waals surface area contributed by atoms with Crippen LogP contribution in [0.1, 0.15) is 19.8 Å². The van der Waals surface area contributed by atoms with Gasteiger partial charge in [-0.2, -0.15) is 0 Å². The fourth-order valence-electron chi connectivity index (χ4n) is 2.22. The van der Waals surface area contributed by atoms with Gasteiger partial charge in [0.05, 0.1) is 23.9 Å². The zero-order chi connectivity index (χ0) is 16.9. The number of amides is 1. The summed E-state index contributed by atoms with van der Waals surface area (Å²) in [6.07, 6.45) is 0.410. The first-order chi connectivity index (χ1) is 10.8. The summed E-state index contributed by atoms with van der Waals surface area (Å²) in [5.41, 5.74) is 0. The molecule has 0 spiro atoms. The van der Waals surface area contributed by atoms with Crippen molar-refractivity contribution in [2.45, 2.75) is 30.4 Å². The van der Waals surface area contributed by atoms with E-state index in [2.05, 4.69) is 5.32 Å². The Kier molecular flexibility index (Phi) is 6.02. The minimum atomic E-state index is -3.53. The van der Waals surface area contributed by atoms with Crippen LogP contribution in [0.5, 0.6) is 0 Å². The molecule has 1 saturated heterocycles. The zero-order valence-electron chi connectivity index (χ0n) is 12.9. The van der Waals surface area contributed by atoms with Gasteiger partial charge in [0.25, 0.3) is 0 Å². The molecule has 0 radical (unpaired) electrons. The number of nitrogens with one attached hydrogen (secondary N) is 1. The Labute approximate surface area is 141 Å². The molecule has 2 rings (SSSR count). The third-order valence-corrected chi connectivity index (χ3v) is 5.50.